The fourth-order valence-corrected chi connectivity index (χ4v) is 3.42. The summed E-state index contributed by atoms with van der Waals surface area (Å²) in [6.07, 6.45) is 7.15. The molecule has 1 rings (SSSR count). The average Bonchev–Trinajstić information content (AvgIpc) is 2.65. The van der Waals surface area contributed by atoms with Crippen molar-refractivity contribution in [2.24, 2.45) is 17.1 Å². The van der Waals surface area contributed by atoms with Gasteiger partial charge in [-0.2, -0.15) is 0 Å². The molecule has 0 saturated heterocycles. The third-order valence-corrected chi connectivity index (χ3v) is 3.96. The van der Waals surface area contributed by atoms with E-state index in [9.17, 15) is 0 Å². The van der Waals surface area contributed by atoms with Crippen LogP contribution in [0.1, 0.15) is 52.9 Å². The van der Waals surface area contributed by atoms with Crippen LogP contribution in [0.5, 0.6) is 0 Å². The van der Waals surface area contributed by atoms with Crippen LogP contribution < -0.4 is 5.73 Å². The van der Waals surface area contributed by atoms with E-state index in [0.717, 1.165) is 25.6 Å². The van der Waals surface area contributed by atoms with Crippen LogP contribution in [0.3, 0.4) is 0 Å². The topological polar surface area (TPSA) is 29.3 Å². The van der Waals surface area contributed by atoms with Gasteiger partial charge in [-0.15, -0.1) is 0 Å². The Morgan fingerprint density at radius 1 is 1.25 bits per heavy atom. The molecule has 0 radical (unpaired) electrons. The minimum Gasteiger partial charge on any atom is -0.329 e. The van der Waals surface area contributed by atoms with Gasteiger partial charge in [0.15, 0.2) is 0 Å². The van der Waals surface area contributed by atoms with Crippen LogP contribution in [-0.4, -0.2) is 31.1 Å². The van der Waals surface area contributed by atoms with Gasteiger partial charge in [0.2, 0.25) is 0 Å². The molecule has 96 valence electrons. The van der Waals surface area contributed by atoms with E-state index in [1.807, 2.05) is 0 Å². The van der Waals surface area contributed by atoms with Crippen molar-refractivity contribution in [1.82, 2.24) is 4.90 Å². The minimum atomic E-state index is 0.610. The third-order valence-electron chi connectivity index (χ3n) is 3.96. The molecule has 0 amide bonds. The van der Waals surface area contributed by atoms with Gasteiger partial charge in [0, 0.05) is 19.6 Å². The molecule has 0 heterocycles. The zero-order valence-electron chi connectivity index (χ0n) is 11.5. The Morgan fingerprint density at radius 3 is 2.31 bits per heavy atom. The van der Waals surface area contributed by atoms with Crippen LogP contribution >= 0.6 is 0 Å². The number of hydrogen-bond acceptors (Lipinski definition) is 2. The number of rotatable bonds is 7. The molecule has 0 spiro atoms. The van der Waals surface area contributed by atoms with Gasteiger partial charge in [-0.05, 0) is 37.1 Å². The fourth-order valence-electron chi connectivity index (χ4n) is 3.42. The number of nitrogens with zero attached hydrogens (tertiary/aromatic N) is 1. The molecule has 0 bridgehead atoms. The highest BCUT2D eigenvalue weighted by atomic mass is 15.1. The molecule has 16 heavy (non-hydrogen) atoms. The lowest BCUT2D eigenvalue weighted by molar-refractivity contribution is 0.134. The van der Waals surface area contributed by atoms with Gasteiger partial charge in [-0.1, -0.05) is 33.6 Å². The Balaban J connectivity index is 2.55. The lowest BCUT2D eigenvalue weighted by atomic mass is 9.78. The van der Waals surface area contributed by atoms with Crippen molar-refractivity contribution in [3.63, 3.8) is 0 Å². The van der Waals surface area contributed by atoms with E-state index in [2.05, 4.69) is 25.7 Å². The molecule has 2 N–H and O–H groups in total. The summed E-state index contributed by atoms with van der Waals surface area (Å²) < 4.78 is 0. The summed E-state index contributed by atoms with van der Waals surface area (Å²) in [5.41, 5.74) is 6.29. The summed E-state index contributed by atoms with van der Waals surface area (Å²) in [7, 11) is 0. The number of likely N-dealkylation sites (N-methyl/N-ethyl adjacent to an activating group) is 1. The Labute approximate surface area is 102 Å². The van der Waals surface area contributed by atoms with Crippen molar-refractivity contribution < 1.29 is 0 Å². The van der Waals surface area contributed by atoms with Gasteiger partial charge >= 0.3 is 0 Å². The van der Waals surface area contributed by atoms with E-state index in [1.165, 1.54) is 38.6 Å². The number of hydrogen-bond donors (Lipinski definition) is 1. The van der Waals surface area contributed by atoms with E-state index >= 15 is 0 Å². The summed E-state index contributed by atoms with van der Waals surface area (Å²) >= 11 is 0. The Morgan fingerprint density at radius 2 is 1.88 bits per heavy atom. The Bertz CT molecular complexity index is 183. The van der Waals surface area contributed by atoms with E-state index in [4.69, 9.17) is 5.73 Å². The predicted molar refractivity (Wildman–Crippen MR) is 71.5 cm³/mol. The lowest BCUT2D eigenvalue weighted by Crippen LogP contribution is -2.39. The molecule has 0 aromatic heterocycles. The first-order chi connectivity index (χ1) is 7.62. The highest BCUT2D eigenvalue weighted by Crippen LogP contribution is 2.43. The van der Waals surface area contributed by atoms with Crippen molar-refractivity contribution in [2.75, 3.05) is 26.2 Å². The number of nitrogens with two attached hydrogens (primary N) is 1. The minimum absolute atomic E-state index is 0.610. The summed E-state index contributed by atoms with van der Waals surface area (Å²) in [5.74, 6) is 0.828. The summed E-state index contributed by atoms with van der Waals surface area (Å²) in [6.45, 7) is 11.3. The first kappa shape index (κ1) is 14.0. The molecule has 0 aromatic rings. The quantitative estimate of drug-likeness (QED) is 0.723. The summed E-state index contributed by atoms with van der Waals surface area (Å²) in [5, 5.41) is 0. The van der Waals surface area contributed by atoms with Crippen LogP contribution in [0.25, 0.3) is 0 Å². The highest BCUT2D eigenvalue weighted by molar-refractivity contribution is 4.88. The molecule has 0 aromatic carbocycles. The molecule has 0 atom stereocenters. The maximum atomic E-state index is 5.68. The van der Waals surface area contributed by atoms with Crippen LogP contribution in [0.2, 0.25) is 0 Å². The molecular formula is C14H30N2. The zero-order chi connectivity index (χ0) is 12.0. The van der Waals surface area contributed by atoms with Gasteiger partial charge in [0.25, 0.3) is 0 Å². The third kappa shape index (κ3) is 4.06. The summed E-state index contributed by atoms with van der Waals surface area (Å²) in [6, 6.07) is 0. The maximum Gasteiger partial charge on any atom is 0.0105 e. The van der Waals surface area contributed by atoms with Gasteiger partial charge in [-0.25, -0.2) is 0 Å². The smallest absolute Gasteiger partial charge is 0.0105 e. The highest BCUT2D eigenvalue weighted by Gasteiger charge is 2.35. The van der Waals surface area contributed by atoms with E-state index in [-0.39, 0.29) is 0 Å². The fraction of sp³-hybridized carbons (Fsp3) is 1.00. The van der Waals surface area contributed by atoms with Crippen LogP contribution in [0.4, 0.5) is 0 Å². The molecule has 1 fully saturated rings. The Kier molecular flexibility index (Phi) is 5.77. The van der Waals surface area contributed by atoms with E-state index < -0.39 is 0 Å². The van der Waals surface area contributed by atoms with Crippen molar-refractivity contribution >= 4 is 0 Å². The van der Waals surface area contributed by atoms with Crippen LogP contribution in [0, 0.1) is 11.3 Å². The predicted octanol–water partition coefficient (Wildman–Crippen LogP) is 2.87. The van der Waals surface area contributed by atoms with E-state index in [0.29, 0.717) is 5.41 Å². The van der Waals surface area contributed by atoms with Crippen molar-refractivity contribution in [2.45, 2.75) is 52.9 Å². The van der Waals surface area contributed by atoms with Crippen molar-refractivity contribution in [3.8, 4) is 0 Å². The molecule has 1 aliphatic carbocycles. The van der Waals surface area contributed by atoms with Gasteiger partial charge < -0.3 is 10.6 Å². The summed E-state index contributed by atoms with van der Waals surface area (Å²) in [4.78, 5) is 2.55. The monoisotopic (exact) mass is 226 g/mol. The molecule has 0 unspecified atom stereocenters. The van der Waals surface area contributed by atoms with Crippen molar-refractivity contribution in [3.05, 3.63) is 0 Å². The van der Waals surface area contributed by atoms with Crippen molar-refractivity contribution in [1.29, 1.82) is 0 Å². The SMILES string of the molecule is CCN(CCN)CC1(CC(C)C)CCCC1. The molecule has 2 heteroatoms. The van der Waals surface area contributed by atoms with Crippen LogP contribution in [0.15, 0.2) is 0 Å². The van der Waals surface area contributed by atoms with E-state index in [1.54, 1.807) is 0 Å². The first-order valence-electron chi connectivity index (χ1n) is 7.04. The normalized spacial score (nSPS) is 19.9. The molecule has 1 aliphatic rings. The largest absolute Gasteiger partial charge is 0.329 e. The molecule has 0 aliphatic heterocycles. The first-order valence-corrected chi connectivity index (χ1v) is 7.04. The maximum absolute atomic E-state index is 5.68. The average molecular weight is 226 g/mol. The second kappa shape index (κ2) is 6.61. The molecule has 2 nitrogen and oxygen atoms in total. The molecular weight excluding hydrogens is 196 g/mol. The second-order valence-corrected chi connectivity index (χ2v) is 5.96. The standard InChI is InChI=1S/C14H30N2/c1-4-16(10-9-15)12-14(11-13(2)3)7-5-6-8-14/h13H,4-12,15H2,1-3H3. The lowest BCUT2D eigenvalue weighted by Gasteiger charge is -2.36. The van der Waals surface area contributed by atoms with Gasteiger partial charge in [0.05, 0.1) is 0 Å². The Hall–Kier alpha value is -0.0800. The van der Waals surface area contributed by atoms with Gasteiger partial charge in [-0.3, -0.25) is 0 Å². The zero-order valence-corrected chi connectivity index (χ0v) is 11.5. The van der Waals surface area contributed by atoms with Crippen LogP contribution in [-0.2, 0) is 0 Å². The van der Waals surface area contributed by atoms with Gasteiger partial charge in [0.1, 0.15) is 0 Å². The molecule has 1 saturated carbocycles. The second-order valence-electron chi connectivity index (χ2n) is 5.96.